The molecule has 0 unspecified atom stereocenters. The van der Waals surface area contributed by atoms with E-state index in [0.29, 0.717) is 11.3 Å². The van der Waals surface area contributed by atoms with Crippen LogP contribution in [0.4, 0.5) is 0 Å². The minimum atomic E-state index is -0.690. The lowest BCUT2D eigenvalue weighted by molar-refractivity contribution is -0.117. The van der Waals surface area contributed by atoms with E-state index in [0.717, 1.165) is 0 Å². The van der Waals surface area contributed by atoms with Crippen molar-refractivity contribution in [3.05, 3.63) is 29.8 Å². The first-order chi connectivity index (χ1) is 6.69. The third kappa shape index (κ3) is 2.11. The fourth-order valence-corrected chi connectivity index (χ4v) is 1.22. The molecule has 1 aromatic carbocycles. The molecule has 0 aliphatic rings. The van der Waals surface area contributed by atoms with Crippen LogP contribution in [0.25, 0.3) is 0 Å². The standard InChI is InChI=1S/C11H11NO2/c1-8(13)11(7-12)9-4-3-5-10(6-9)14-2/h3-6,11H,1-2H3/t11-/m1/s1. The molecule has 0 heterocycles. The van der Waals surface area contributed by atoms with Gasteiger partial charge in [0.2, 0.25) is 0 Å². The van der Waals surface area contributed by atoms with Gasteiger partial charge < -0.3 is 4.74 Å². The summed E-state index contributed by atoms with van der Waals surface area (Å²) in [6.45, 7) is 1.41. The summed E-state index contributed by atoms with van der Waals surface area (Å²) in [5.41, 5.74) is 0.680. The second kappa shape index (κ2) is 4.43. The number of nitriles is 1. The topological polar surface area (TPSA) is 50.1 Å². The van der Waals surface area contributed by atoms with E-state index in [2.05, 4.69) is 0 Å². The Kier molecular flexibility index (Phi) is 3.24. The van der Waals surface area contributed by atoms with Crippen LogP contribution in [0.1, 0.15) is 18.4 Å². The third-order valence-electron chi connectivity index (χ3n) is 1.96. The Labute approximate surface area is 82.9 Å². The molecular formula is C11H11NO2. The van der Waals surface area contributed by atoms with Gasteiger partial charge in [-0.15, -0.1) is 0 Å². The predicted octanol–water partition coefficient (Wildman–Crippen LogP) is 1.89. The largest absolute Gasteiger partial charge is 0.497 e. The summed E-state index contributed by atoms with van der Waals surface area (Å²) in [6, 6.07) is 8.96. The maximum Gasteiger partial charge on any atom is 0.151 e. The van der Waals surface area contributed by atoms with Crippen molar-refractivity contribution in [2.24, 2.45) is 0 Å². The van der Waals surface area contributed by atoms with E-state index < -0.39 is 5.92 Å². The maximum atomic E-state index is 11.1. The number of hydrogen-bond donors (Lipinski definition) is 0. The first-order valence-corrected chi connectivity index (χ1v) is 4.23. The molecule has 1 rings (SSSR count). The highest BCUT2D eigenvalue weighted by Gasteiger charge is 2.15. The van der Waals surface area contributed by atoms with Crippen LogP contribution in [0.15, 0.2) is 24.3 Å². The molecular weight excluding hydrogens is 178 g/mol. The van der Waals surface area contributed by atoms with Crippen LogP contribution >= 0.6 is 0 Å². The number of carbonyl (C=O) groups excluding carboxylic acids is 1. The van der Waals surface area contributed by atoms with Gasteiger partial charge in [0.1, 0.15) is 11.7 Å². The van der Waals surface area contributed by atoms with E-state index in [4.69, 9.17) is 10.00 Å². The second-order valence-electron chi connectivity index (χ2n) is 2.95. The van der Waals surface area contributed by atoms with Gasteiger partial charge in [0.15, 0.2) is 5.78 Å². The summed E-state index contributed by atoms with van der Waals surface area (Å²) in [5.74, 6) is -0.185. The molecule has 0 amide bonds. The first kappa shape index (κ1) is 10.3. The Morgan fingerprint density at radius 1 is 1.57 bits per heavy atom. The Hall–Kier alpha value is -1.82. The molecule has 0 aliphatic heterocycles. The third-order valence-corrected chi connectivity index (χ3v) is 1.96. The normalized spacial score (nSPS) is 11.5. The van der Waals surface area contributed by atoms with Crippen LogP contribution in [0.2, 0.25) is 0 Å². The van der Waals surface area contributed by atoms with Crippen LogP contribution in [-0.4, -0.2) is 12.9 Å². The van der Waals surface area contributed by atoms with Gasteiger partial charge in [0.25, 0.3) is 0 Å². The van der Waals surface area contributed by atoms with Crippen molar-refractivity contribution in [3.8, 4) is 11.8 Å². The van der Waals surface area contributed by atoms with Crippen molar-refractivity contribution in [2.45, 2.75) is 12.8 Å². The van der Waals surface area contributed by atoms with Crippen molar-refractivity contribution in [2.75, 3.05) is 7.11 Å². The lowest BCUT2D eigenvalue weighted by Crippen LogP contribution is -2.06. The van der Waals surface area contributed by atoms with E-state index >= 15 is 0 Å². The number of hydrogen-bond acceptors (Lipinski definition) is 3. The Morgan fingerprint density at radius 3 is 2.79 bits per heavy atom. The molecule has 0 bridgehead atoms. The maximum absolute atomic E-state index is 11.1. The molecule has 0 radical (unpaired) electrons. The number of carbonyl (C=O) groups is 1. The molecule has 0 saturated carbocycles. The van der Waals surface area contributed by atoms with Gasteiger partial charge in [0, 0.05) is 0 Å². The minimum absolute atomic E-state index is 0.152. The van der Waals surface area contributed by atoms with Gasteiger partial charge in [-0.2, -0.15) is 5.26 Å². The number of methoxy groups -OCH3 is 1. The summed E-state index contributed by atoms with van der Waals surface area (Å²) in [7, 11) is 1.55. The number of ketones is 1. The van der Waals surface area contributed by atoms with Crippen molar-refractivity contribution < 1.29 is 9.53 Å². The van der Waals surface area contributed by atoms with Crippen molar-refractivity contribution in [3.63, 3.8) is 0 Å². The zero-order valence-electron chi connectivity index (χ0n) is 8.15. The highest BCUT2D eigenvalue weighted by atomic mass is 16.5. The number of benzene rings is 1. The molecule has 0 N–H and O–H groups in total. The Bertz CT molecular complexity index is 379. The van der Waals surface area contributed by atoms with E-state index in [1.165, 1.54) is 6.92 Å². The zero-order valence-corrected chi connectivity index (χ0v) is 8.15. The highest BCUT2D eigenvalue weighted by molar-refractivity contribution is 5.86. The molecule has 1 atom stereocenters. The Morgan fingerprint density at radius 2 is 2.29 bits per heavy atom. The van der Waals surface area contributed by atoms with Gasteiger partial charge in [-0.25, -0.2) is 0 Å². The van der Waals surface area contributed by atoms with Crippen molar-refractivity contribution in [1.82, 2.24) is 0 Å². The van der Waals surface area contributed by atoms with Crippen LogP contribution in [-0.2, 0) is 4.79 Å². The van der Waals surface area contributed by atoms with Crippen LogP contribution in [0, 0.1) is 11.3 Å². The average Bonchev–Trinajstić information content (AvgIpc) is 2.19. The SMILES string of the molecule is COc1cccc([C@H](C#N)C(C)=O)c1. The monoisotopic (exact) mass is 189 g/mol. The van der Waals surface area contributed by atoms with Gasteiger partial charge >= 0.3 is 0 Å². The Balaban J connectivity index is 3.06. The molecule has 0 saturated heterocycles. The second-order valence-corrected chi connectivity index (χ2v) is 2.95. The fourth-order valence-electron chi connectivity index (χ4n) is 1.22. The molecule has 0 fully saturated rings. The van der Waals surface area contributed by atoms with E-state index in [-0.39, 0.29) is 5.78 Å². The molecule has 1 aromatic rings. The van der Waals surface area contributed by atoms with Gasteiger partial charge in [-0.1, -0.05) is 12.1 Å². The van der Waals surface area contributed by atoms with Crippen LogP contribution in [0.3, 0.4) is 0 Å². The van der Waals surface area contributed by atoms with E-state index in [1.807, 2.05) is 6.07 Å². The van der Waals surface area contributed by atoms with E-state index in [9.17, 15) is 4.79 Å². The lowest BCUT2D eigenvalue weighted by atomic mass is 9.97. The van der Waals surface area contributed by atoms with Crippen LogP contribution in [0.5, 0.6) is 5.75 Å². The van der Waals surface area contributed by atoms with Crippen LogP contribution < -0.4 is 4.74 Å². The fraction of sp³-hybridized carbons (Fsp3) is 0.273. The summed E-state index contributed by atoms with van der Waals surface area (Å²) in [5, 5.41) is 8.80. The minimum Gasteiger partial charge on any atom is -0.497 e. The number of rotatable bonds is 3. The number of Topliss-reactive ketones (excluding diaryl/α,β-unsaturated/α-hetero) is 1. The molecule has 72 valence electrons. The molecule has 0 aliphatic carbocycles. The molecule has 14 heavy (non-hydrogen) atoms. The summed E-state index contributed by atoms with van der Waals surface area (Å²) in [4.78, 5) is 11.1. The summed E-state index contributed by atoms with van der Waals surface area (Å²) in [6.07, 6.45) is 0. The van der Waals surface area contributed by atoms with E-state index in [1.54, 1.807) is 31.4 Å². The average molecular weight is 189 g/mol. The smallest absolute Gasteiger partial charge is 0.151 e. The van der Waals surface area contributed by atoms with Gasteiger partial charge in [-0.05, 0) is 24.6 Å². The quantitative estimate of drug-likeness (QED) is 0.729. The summed E-state index contributed by atoms with van der Waals surface area (Å²) < 4.78 is 5.01. The highest BCUT2D eigenvalue weighted by Crippen LogP contribution is 2.20. The zero-order chi connectivity index (χ0) is 10.6. The summed E-state index contributed by atoms with van der Waals surface area (Å²) >= 11 is 0. The number of ether oxygens (including phenoxy) is 1. The van der Waals surface area contributed by atoms with Gasteiger partial charge in [-0.3, -0.25) is 4.79 Å². The van der Waals surface area contributed by atoms with Crippen molar-refractivity contribution >= 4 is 5.78 Å². The molecule has 3 nitrogen and oxygen atoms in total. The van der Waals surface area contributed by atoms with Gasteiger partial charge in [0.05, 0.1) is 13.2 Å². The lowest BCUT2D eigenvalue weighted by Gasteiger charge is -2.06. The van der Waals surface area contributed by atoms with Crippen molar-refractivity contribution in [1.29, 1.82) is 5.26 Å². The number of nitrogens with zero attached hydrogens (tertiary/aromatic N) is 1. The predicted molar refractivity (Wildman–Crippen MR) is 52.0 cm³/mol. The molecule has 3 heteroatoms. The molecule has 0 spiro atoms. The molecule has 0 aromatic heterocycles. The first-order valence-electron chi connectivity index (χ1n) is 4.23.